The largest absolute Gasteiger partial charge is 1.00 e. The maximum absolute atomic E-state index is 14.0. The van der Waals surface area contributed by atoms with Gasteiger partial charge in [0, 0.05) is 16.3 Å². The molecule has 1 aromatic carbocycles. The second kappa shape index (κ2) is 8.42. The van der Waals surface area contributed by atoms with Crippen LogP contribution in [0.2, 0.25) is 5.02 Å². The molecule has 9 heteroatoms. The molecule has 2 atom stereocenters. The van der Waals surface area contributed by atoms with Crippen molar-refractivity contribution >= 4 is 34.5 Å². The minimum absolute atomic E-state index is 0. The molecule has 1 aliphatic rings. The summed E-state index contributed by atoms with van der Waals surface area (Å²) in [7, 11) is 0. The number of carboxylic acid groups (broad SMARTS) is 1. The molecule has 22 heavy (non-hydrogen) atoms. The van der Waals surface area contributed by atoms with Crippen molar-refractivity contribution in [3.05, 3.63) is 40.7 Å². The molecule has 0 saturated carbocycles. The maximum atomic E-state index is 14.0. The molecule has 0 saturated heterocycles. The molecule has 0 amide bonds. The van der Waals surface area contributed by atoms with E-state index in [1.165, 1.54) is 18.2 Å². The number of halogens is 2. The Kier molecular flexibility index (Phi) is 7.51. The van der Waals surface area contributed by atoms with Crippen LogP contribution < -0.4 is 39.0 Å². The van der Waals surface area contributed by atoms with E-state index in [4.69, 9.17) is 11.6 Å². The molecule has 2 rings (SSSR count). The van der Waals surface area contributed by atoms with E-state index in [1.807, 2.05) is 0 Å². The van der Waals surface area contributed by atoms with Gasteiger partial charge in [-0.15, -0.1) is 0 Å². The molecule has 0 aliphatic heterocycles. The first kappa shape index (κ1) is 19.6. The van der Waals surface area contributed by atoms with E-state index in [2.05, 4.69) is 0 Å². The zero-order valence-corrected chi connectivity index (χ0v) is 15.3. The Hall–Kier alpha value is -0.440. The number of carbonyl (C=O) groups excluding carboxylic acids is 1. The van der Waals surface area contributed by atoms with E-state index >= 15 is 0 Å². The number of benzene rings is 1. The van der Waals surface area contributed by atoms with E-state index in [-0.39, 0.29) is 52.3 Å². The molecule has 0 heterocycles. The van der Waals surface area contributed by atoms with Crippen LogP contribution in [0.3, 0.4) is 0 Å². The molecule has 0 aromatic heterocycles. The van der Waals surface area contributed by atoms with Crippen molar-refractivity contribution in [1.82, 2.24) is 0 Å². The van der Waals surface area contributed by atoms with Gasteiger partial charge in [-0.3, -0.25) is 8.51 Å². The maximum Gasteiger partial charge on any atom is 1.00 e. The van der Waals surface area contributed by atoms with Crippen LogP contribution in [0, 0.1) is 5.82 Å². The van der Waals surface area contributed by atoms with Gasteiger partial charge in [0.05, 0.1) is 17.7 Å². The average Bonchev–Trinajstić information content (AvgIpc) is 2.41. The van der Waals surface area contributed by atoms with E-state index in [0.29, 0.717) is 17.1 Å². The summed E-state index contributed by atoms with van der Waals surface area (Å²) in [5.74, 6) is -2.29. The van der Waals surface area contributed by atoms with Gasteiger partial charge < -0.3 is 14.5 Å². The normalized spacial score (nSPS) is 18.9. The minimum atomic E-state index is -2.84. The van der Waals surface area contributed by atoms with Gasteiger partial charge in [-0.2, -0.15) is 0 Å². The molecular formula is C13H11ClFNNaO4S-. The first-order valence-corrected chi connectivity index (χ1v) is 7.58. The Morgan fingerprint density at radius 3 is 2.68 bits per heavy atom. The molecule has 0 bridgehead atoms. The number of anilines is 1. The van der Waals surface area contributed by atoms with Gasteiger partial charge in [0.15, 0.2) is 0 Å². The first-order valence-electron chi connectivity index (χ1n) is 6.17. The van der Waals surface area contributed by atoms with Gasteiger partial charge in [0.2, 0.25) is 0 Å². The van der Waals surface area contributed by atoms with Crippen molar-refractivity contribution < 1.29 is 52.6 Å². The first-order chi connectivity index (χ1) is 9.91. The average molecular weight is 355 g/mol. The summed E-state index contributed by atoms with van der Waals surface area (Å²) in [6.45, 7) is 0. The van der Waals surface area contributed by atoms with Crippen LogP contribution in [-0.2, 0) is 16.1 Å². The zero-order chi connectivity index (χ0) is 15.6. The van der Waals surface area contributed by atoms with Crippen molar-refractivity contribution in [2.75, 3.05) is 4.31 Å². The summed E-state index contributed by atoms with van der Waals surface area (Å²) in [5.41, 5.74) is -0.397. The Labute approximate surface area is 156 Å². The predicted molar refractivity (Wildman–Crippen MR) is 73.5 cm³/mol. The van der Waals surface area contributed by atoms with Crippen LogP contribution in [0.15, 0.2) is 29.8 Å². The molecule has 2 unspecified atom stereocenters. The molecule has 5 nitrogen and oxygen atoms in total. The number of carbonyl (C=O) groups is 1. The smallest absolute Gasteiger partial charge is 0.755 e. The Morgan fingerprint density at radius 2 is 2.14 bits per heavy atom. The van der Waals surface area contributed by atoms with Crippen molar-refractivity contribution in [2.45, 2.75) is 25.3 Å². The fourth-order valence-electron chi connectivity index (χ4n) is 2.34. The van der Waals surface area contributed by atoms with Gasteiger partial charge in [-0.1, -0.05) is 17.7 Å². The molecule has 114 valence electrons. The molecule has 0 N–H and O–H groups in total. The van der Waals surface area contributed by atoms with E-state index in [1.54, 1.807) is 0 Å². The number of allylic oxidation sites excluding steroid dienone is 1. The van der Waals surface area contributed by atoms with Crippen molar-refractivity contribution in [3.8, 4) is 0 Å². The van der Waals surface area contributed by atoms with Crippen LogP contribution in [0.25, 0.3) is 0 Å². The molecular weight excluding hydrogens is 344 g/mol. The minimum Gasteiger partial charge on any atom is -0.755 e. The van der Waals surface area contributed by atoms with Crippen molar-refractivity contribution in [3.63, 3.8) is 0 Å². The Balaban J connectivity index is 0.00000242. The van der Waals surface area contributed by atoms with Crippen LogP contribution in [-0.4, -0.2) is 20.8 Å². The van der Waals surface area contributed by atoms with E-state index < -0.39 is 29.1 Å². The van der Waals surface area contributed by atoms with Gasteiger partial charge in [-0.25, -0.2) is 4.39 Å². The SMILES string of the molecule is O=C([O-])C1=CCCCC1N(c1ccc(Cl)cc1F)S(=O)[O-].[Na+]. The third-order valence-electron chi connectivity index (χ3n) is 3.23. The van der Waals surface area contributed by atoms with E-state index in [0.717, 1.165) is 6.07 Å². The number of carboxylic acids is 1. The third-order valence-corrected chi connectivity index (χ3v) is 4.24. The van der Waals surface area contributed by atoms with Crippen LogP contribution in [0.5, 0.6) is 0 Å². The standard InChI is InChI=1S/C13H13ClFNO4S.Na/c14-8-5-6-12(10(15)7-8)16(21(19)20)11-4-2-1-3-9(11)13(17)18;/h3,5-7,11H,1-2,4H2,(H,17,18)(H,19,20);/q;+1/p-2. The summed E-state index contributed by atoms with van der Waals surface area (Å²) < 4.78 is 37.7. The zero-order valence-electron chi connectivity index (χ0n) is 11.8. The number of hydrogen-bond donors (Lipinski definition) is 0. The van der Waals surface area contributed by atoms with Crippen LogP contribution >= 0.6 is 11.6 Å². The fraction of sp³-hybridized carbons (Fsp3) is 0.308. The number of rotatable bonds is 4. The summed E-state index contributed by atoms with van der Waals surface area (Å²) in [6.07, 6.45) is 2.81. The predicted octanol–water partition coefficient (Wildman–Crippen LogP) is -1.69. The van der Waals surface area contributed by atoms with Crippen LogP contribution in [0.4, 0.5) is 10.1 Å². The third kappa shape index (κ3) is 4.31. The molecule has 1 aromatic rings. The summed E-state index contributed by atoms with van der Waals surface area (Å²) in [4.78, 5) is 11.1. The second-order valence-corrected chi connectivity index (χ2v) is 5.80. The quantitative estimate of drug-likeness (QED) is 0.477. The monoisotopic (exact) mass is 354 g/mol. The Morgan fingerprint density at radius 1 is 1.45 bits per heavy atom. The topological polar surface area (TPSA) is 83.5 Å². The molecule has 0 fully saturated rings. The molecule has 1 aliphatic carbocycles. The Bertz CT molecular complexity index is 628. The second-order valence-electron chi connectivity index (χ2n) is 4.53. The summed E-state index contributed by atoms with van der Waals surface area (Å²) >= 11 is 2.80. The fourth-order valence-corrected chi connectivity index (χ4v) is 3.23. The number of aliphatic carboxylic acids is 1. The van der Waals surface area contributed by atoms with Crippen molar-refractivity contribution in [1.29, 1.82) is 0 Å². The number of nitrogens with zero attached hydrogens (tertiary/aromatic N) is 1. The van der Waals surface area contributed by atoms with Crippen molar-refractivity contribution in [2.24, 2.45) is 0 Å². The van der Waals surface area contributed by atoms with Gasteiger partial charge in [0.25, 0.3) is 0 Å². The van der Waals surface area contributed by atoms with Gasteiger partial charge >= 0.3 is 29.6 Å². The van der Waals surface area contributed by atoms with Crippen LogP contribution in [0.1, 0.15) is 19.3 Å². The van der Waals surface area contributed by atoms with Gasteiger partial charge in [-0.05, 0) is 43.0 Å². The summed E-state index contributed by atoms with van der Waals surface area (Å²) in [5, 5.41) is 11.3. The summed E-state index contributed by atoms with van der Waals surface area (Å²) in [6, 6.07) is 2.53. The van der Waals surface area contributed by atoms with Gasteiger partial charge in [0.1, 0.15) is 5.82 Å². The number of hydrogen-bond acceptors (Lipinski definition) is 4. The molecule has 0 spiro atoms. The van der Waals surface area contributed by atoms with E-state index in [9.17, 15) is 23.1 Å². The molecule has 0 radical (unpaired) electrons.